The van der Waals surface area contributed by atoms with Crippen molar-refractivity contribution in [3.05, 3.63) is 0 Å². The maximum absolute atomic E-state index is 12.8. The van der Waals surface area contributed by atoms with Gasteiger partial charge in [-0.05, 0) is 38.5 Å². The molecule has 0 aromatic carbocycles. The molecule has 0 aromatic rings. The second-order valence-electron chi connectivity index (χ2n) is 7.74. The van der Waals surface area contributed by atoms with E-state index in [1.54, 1.807) is 0 Å². The summed E-state index contributed by atoms with van der Waals surface area (Å²) >= 11 is 0. The Hall–Kier alpha value is -1.79. The molecule has 138 valence electrons. The van der Waals surface area contributed by atoms with Crippen molar-refractivity contribution in [3.8, 4) is 0 Å². The maximum atomic E-state index is 12.8. The van der Waals surface area contributed by atoms with Crippen LogP contribution in [0.2, 0.25) is 0 Å². The summed E-state index contributed by atoms with van der Waals surface area (Å²) in [6.45, 7) is 4.04. The monoisotopic (exact) mass is 349 g/mol. The first kappa shape index (κ1) is 16.7. The molecule has 0 atom stereocenters. The van der Waals surface area contributed by atoms with Gasteiger partial charge in [0.05, 0.1) is 6.54 Å². The van der Waals surface area contributed by atoms with Crippen molar-refractivity contribution < 1.29 is 19.1 Å². The molecule has 3 heterocycles. The first-order chi connectivity index (χ1) is 12.1. The molecule has 4 fully saturated rings. The van der Waals surface area contributed by atoms with Gasteiger partial charge in [-0.1, -0.05) is 0 Å². The number of nitrogens with zero attached hydrogens (tertiary/aromatic N) is 3. The summed E-state index contributed by atoms with van der Waals surface area (Å²) in [6, 6.07) is 0.206. The maximum Gasteiger partial charge on any atom is 0.410 e. The fourth-order valence-electron chi connectivity index (χ4n) is 4.33. The van der Waals surface area contributed by atoms with Gasteiger partial charge in [0.2, 0.25) is 11.8 Å². The average Bonchev–Trinajstić information content (AvgIpc) is 3.42. The van der Waals surface area contributed by atoms with Crippen LogP contribution in [0.4, 0.5) is 4.79 Å². The predicted molar refractivity (Wildman–Crippen MR) is 89.7 cm³/mol. The van der Waals surface area contributed by atoms with Crippen molar-refractivity contribution in [2.75, 3.05) is 39.3 Å². The molecule has 7 heteroatoms. The van der Waals surface area contributed by atoms with E-state index in [4.69, 9.17) is 4.74 Å². The molecule has 7 nitrogen and oxygen atoms in total. The molecule has 1 saturated carbocycles. The number of ether oxygens (including phenoxy) is 1. The Morgan fingerprint density at radius 2 is 1.28 bits per heavy atom. The van der Waals surface area contributed by atoms with Gasteiger partial charge in [0.1, 0.15) is 6.61 Å². The molecule has 0 bridgehead atoms. The van der Waals surface area contributed by atoms with Gasteiger partial charge >= 0.3 is 6.09 Å². The summed E-state index contributed by atoms with van der Waals surface area (Å²) in [4.78, 5) is 42.3. The van der Waals surface area contributed by atoms with Crippen LogP contribution in [-0.2, 0) is 14.3 Å². The van der Waals surface area contributed by atoms with Crippen LogP contribution in [0.5, 0.6) is 0 Å². The third-order valence-electron chi connectivity index (χ3n) is 6.09. The lowest BCUT2D eigenvalue weighted by Gasteiger charge is -2.39. The Kier molecular flexibility index (Phi) is 4.56. The zero-order valence-electron chi connectivity index (χ0n) is 14.7. The largest absolute Gasteiger partial charge is 0.448 e. The Morgan fingerprint density at radius 1 is 0.760 bits per heavy atom. The van der Waals surface area contributed by atoms with Gasteiger partial charge in [0, 0.05) is 44.1 Å². The SMILES string of the molecule is O=C(C1CC1)N1CCC(C(=O)N2CCC(N3CCOC3=O)CC2)CC1. The van der Waals surface area contributed by atoms with Gasteiger partial charge < -0.3 is 19.4 Å². The van der Waals surface area contributed by atoms with Crippen molar-refractivity contribution in [3.63, 3.8) is 0 Å². The number of hydrogen-bond donors (Lipinski definition) is 0. The summed E-state index contributed by atoms with van der Waals surface area (Å²) < 4.78 is 5.01. The first-order valence-corrected chi connectivity index (χ1v) is 9.64. The lowest BCUT2D eigenvalue weighted by atomic mass is 9.93. The van der Waals surface area contributed by atoms with E-state index >= 15 is 0 Å². The van der Waals surface area contributed by atoms with E-state index in [1.165, 1.54) is 0 Å². The van der Waals surface area contributed by atoms with E-state index < -0.39 is 0 Å². The van der Waals surface area contributed by atoms with Crippen LogP contribution in [0.3, 0.4) is 0 Å². The molecule has 0 spiro atoms. The summed E-state index contributed by atoms with van der Waals surface area (Å²) in [7, 11) is 0. The number of carbonyl (C=O) groups is 3. The highest BCUT2D eigenvalue weighted by atomic mass is 16.6. The highest BCUT2D eigenvalue weighted by Crippen LogP contribution is 2.33. The third-order valence-corrected chi connectivity index (χ3v) is 6.09. The van der Waals surface area contributed by atoms with Gasteiger partial charge in [-0.15, -0.1) is 0 Å². The van der Waals surface area contributed by atoms with Gasteiger partial charge in [-0.3, -0.25) is 9.59 Å². The average molecular weight is 349 g/mol. The van der Waals surface area contributed by atoms with E-state index in [-0.39, 0.29) is 29.9 Å². The number of amides is 3. The Morgan fingerprint density at radius 3 is 1.76 bits per heavy atom. The smallest absolute Gasteiger partial charge is 0.410 e. The standard InChI is InChI=1S/C18H27N3O4/c22-16(13-1-2-13)19-7-3-14(4-8-19)17(23)20-9-5-15(6-10-20)21-11-12-25-18(21)24/h13-15H,1-12H2. The highest BCUT2D eigenvalue weighted by Gasteiger charge is 2.38. The third kappa shape index (κ3) is 3.46. The Labute approximate surface area is 148 Å². The van der Waals surface area contributed by atoms with Crippen LogP contribution in [0.1, 0.15) is 38.5 Å². The number of hydrogen-bond acceptors (Lipinski definition) is 4. The molecule has 3 amide bonds. The molecule has 25 heavy (non-hydrogen) atoms. The topological polar surface area (TPSA) is 70.2 Å². The summed E-state index contributed by atoms with van der Waals surface area (Å²) in [5.74, 6) is 0.852. The van der Waals surface area contributed by atoms with Gasteiger partial charge in [-0.2, -0.15) is 0 Å². The molecule has 1 aliphatic carbocycles. The fraction of sp³-hybridized carbons (Fsp3) is 0.833. The summed E-state index contributed by atoms with van der Waals surface area (Å²) in [5.41, 5.74) is 0. The zero-order valence-corrected chi connectivity index (χ0v) is 14.7. The Balaban J connectivity index is 1.24. The minimum atomic E-state index is -0.211. The fourth-order valence-corrected chi connectivity index (χ4v) is 4.33. The number of cyclic esters (lactones) is 1. The molecule has 0 unspecified atom stereocenters. The molecule has 0 aromatic heterocycles. The van der Waals surface area contributed by atoms with Crippen molar-refractivity contribution in [2.45, 2.75) is 44.6 Å². The Bertz CT molecular complexity index is 547. The van der Waals surface area contributed by atoms with Crippen LogP contribution < -0.4 is 0 Å². The zero-order chi connectivity index (χ0) is 17.4. The quantitative estimate of drug-likeness (QED) is 0.764. The summed E-state index contributed by atoms with van der Waals surface area (Å²) in [5, 5.41) is 0. The van der Waals surface area contributed by atoms with E-state index in [1.807, 2.05) is 14.7 Å². The molecule has 4 rings (SSSR count). The van der Waals surface area contributed by atoms with E-state index in [2.05, 4.69) is 0 Å². The minimum Gasteiger partial charge on any atom is -0.448 e. The molecular formula is C18H27N3O4. The first-order valence-electron chi connectivity index (χ1n) is 9.64. The van der Waals surface area contributed by atoms with Crippen molar-refractivity contribution in [2.24, 2.45) is 11.8 Å². The van der Waals surface area contributed by atoms with Crippen LogP contribution in [-0.4, -0.2) is 78.0 Å². The molecule has 0 N–H and O–H groups in total. The lowest BCUT2D eigenvalue weighted by molar-refractivity contribution is -0.142. The number of likely N-dealkylation sites (tertiary alicyclic amines) is 2. The molecule has 0 radical (unpaired) electrons. The van der Waals surface area contributed by atoms with Gasteiger partial charge in [0.25, 0.3) is 0 Å². The van der Waals surface area contributed by atoms with Crippen molar-refractivity contribution in [1.29, 1.82) is 0 Å². The second kappa shape index (κ2) is 6.84. The summed E-state index contributed by atoms with van der Waals surface area (Å²) in [6.07, 6.45) is 5.11. The van der Waals surface area contributed by atoms with Crippen LogP contribution >= 0.6 is 0 Å². The normalized spacial score (nSPS) is 26.1. The second-order valence-corrected chi connectivity index (χ2v) is 7.74. The van der Waals surface area contributed by atoms with Crippen LogP contribution in [0.25, 0.3) is 0 Å². The van der Waals surface area contributed by atoms with Crippen molar-refractivity contribution >= 4 is 17.9 Å². The predicted octanol–water partition coefficient (Wildman–Crippen LogP) is 1.08. The van der Waals surface area contributed by atoms with Crippen LogP contribution in [0, 0.1) is 11.8 Å². The molecular weight excluding hydrogens is 322 g/mol. The number of rotatable bonds is 3. The minimum absolute atomic E-state index is 0.0524. The number of carbonyl (C=O) groups excluding carboxylic acids is 3. The van der Waals surface area contributed by atoms with E-state index in [0.717, 1.165) is 51.6 Å². The number of piperidine rings is 2. The molecule has 3 aliphatic heterocycles. The molecule has 3 saturated heterocycles. The van der Waals surface area contributed by atoms with Crippen LogP contribution in [0.15, 0.2) is 0 Å². The van der Waals surface area contributed by atoms with E-state index in [0.29, 0.717) is 32.1 Å². The molecule has 4 aliphatic rings. The highest BCUT2D eigenvalue weighted by molar-refractivity contribution is 5.82. The van der Waals surface area contributed by atoms with Gasteiger partial charge in [-0.25, -0.2) is 4.79 Å². The van der Waals surface area contributed by atoms with Crippen molar-refractivity contribution in [1.82, 2.24) is 14.7 Å². The van der Waals surface area contributed by atoms with E-state index in [9.17, 15) is 14.4 Å². The van der Waals surface area contributed by atoms with Gasteiger partial charge in [0.15, 0.2) is 0 Å². The lowest BCUT2D eigenvalue weighted by Crippen LogP contribution is -2.50.